The SMILES string of the molecule is O=C(NCC(=O)N1CCSC1=O)Oc1cc2cc(Cl)ccc2[nH]1. The predicted octanol–water partition coefficient (Wildman–Crippen LogP) is 2.61. The fraction of sp³-hybridized carbons (Fsp3) is 0.214. The van der Waals surface area contributed by atoms with Crippen LogP contribution in [0.15, 0.2) is 24.3 Å². The first kappa shape index (κ1) is 15.7. The number of imide groups is 1. The third-order valence-corrected chi connectivity index (χ3v) is 4.30. The molecule has 1 fully saturated rings. The highest BCUT2D eigenvalue weighted by molar-refractivity contribution is 8.13. The first-order chi connectivity index (χ1) is 11.0. The van der Waals surface area contributed by atoms with Gasteiger partial charge in [-0.05, 0) is 18.2 Å². The summed E-state index contributed by atoms with van der Waals surface area (Å²) in [5.74, 6) is 0.354. The molecule has 0 aliphatic carbocycles. The van der Waals surface area contributed by atoms with Crippen LogP contribution < -0.4 is 10.1 Å². The lowest BCUT2D eigenvalue weighted by molar-refractivity contribution is -0.126. The molecule has 1 saturated heterocycles. The van der Waals surface area contributed by atoms with Gasteiger partial charge in [0.15, 0.2) is 0 Å². The molecular weight excluding hydrogens is 342 g/mol. The Kier molecular flexibility index (Phi) is 4.44. The van der Waals surface area contributed by atoms with Crippen molar-refractivity contribution in [2.24, 2.45) is 0 Å². The normalized spacial score (nSPS) is 14.3. The maximum atomic E-state index is 11.8. The molecule has 1 aliphatic rings. The zero-order chi connectivity index (χ0) is 16.4. The van der Waals surface area contributed by atoms with Crippen LogP contribution in [0.4, 0.5) is 9.59 Å². The van der Waals surface area contributed by atoms with Crippen molar-refractivity contribution in [3.05, 3.63) is 29.3 Å². The molecule has 0 atom stereocenters. The number of nitrogens with one attached hydrogen (secondary N) is 2. The Bertz CT molecular complexity index is 791. The van der Waals surface area contributed by atoms with Crippen molar-refractivity contribution in [3.63, 3.8) is 0 Å². The van der Waals surface area contributed by atoms with E-state index in [1.54, 1.807) is 24.3 Å². The number of hydrogen-bond donors (Lipinski definition) is 2. The number of rotatable bonds is 3. The van der Waals surface area contributed by atoms with Crippen molar-refractivity contribution in [1.29, 1.82) is 0 Å². The first-order valence-electron chi connectivity index (χ1n) is 6.74. The number of H-pyrrole nitrogens is 1. The Morgan fingerprint density at radius 3 is 2.96 bits per heavy atom. The average molecular weight is 354 g/mol. The van der Waals surface area contributed by atoms with Gasteiger partial charge in [-0.3, -0.25) is 14.5 Å². The van der Waals surface area contributed by atoms with Crippen molar-refractivity contribution in [1.82, 2.24) is 15.2 Å². The lowest BCUT2D eigenvalue weighted by atomic mass is 10.2. The summed E-state index contributed by atoms with van der Waals surface area (Å²) < 4.78 is 5.07. The highest BCUT2D eigenvalue weighted by Gasteiger charge is 2.27. The molecule has 0 radical (unpaired) electrons. The van der Waals surface area contributed by atoms with E-state index in [1.165, 1.54) is 0 Å². The maximum Gasteiger partial charge on any atom is 0.414 e. The molecule has 1 aliphatic heterocycles. The number of hydrogen-bond acceptors (Lipinski definition) is 5. The van der Waals surface area contributed by atoms with Gasteiger partial charge in [-0.1, -0.05) is 23.4 Å². The number of amides is 3. The topological polar surface area (TPSA) is 91.5 Å². The fourth-order valence-electron chi connectivity index (χ4n) is 2.13. The summed E-state index contributed by atoms with van der Waals surface area (Å²) in [6, 6.07) is 6.85. The van der Waals surface area contributed by atoms with Crippen molar-refractivity contribution >= 4 is 51.5 Å². The summed E-state index contributed by atoms with van der Waals surface area (Å²) in [5.41, 5.74) is 0.771. The van der Waals surface area contributed by atoms with Crippen molar-refractivity contribution in [2.45, 2.75) is 0 Å². The third-order valence-electron chi connectivity index (χ3n) is 3.21. The summed E-state index contributed by atoms with van der Waals surface area (Å²) >= 11 is 6.97. The van der Waals surface area contributed by atoms with E-state index in [2.05, 4.69) is 10.3 Å². The Morgan fingerprint density at radius 1 is 1.39 bits per heavy atom. The van der Waals surface area contributed by atoms with Gasteiger partial charge in [0.1, 0.15) is 6.54 Å². The first-order valence-corrected chi connectivity index (χ1v) is 8.10. The van der Waals surface area contributed by atoms with Crippen LogP contribution in [-0.2, 0) is 4.79 Å². The van der Waals surface area contributed by atoms with Gasteiger partial charge in [-0.25, -0.2) is 4.79 Å². The molecule has 0 saturated carbocycles. The molecule has 2 N–H and O–H groups in total. The molecule has 3 rings (SSSR count). The number of benzene rings is 1. The highest BCUT2D eigenvalue weighted by Crippen LogP contribution is 2.23. The Labute approximate surface area is 140 Å². The van der Waals surface area contributed by atoms with Gasteiger partial charge in [0, 0.05) is 34.3 Å². The Balaban J connectivity index is 1.56. The van der Waals surface area contributed by atoms with Crippen LogP contribution in [0.25, 0.3) is 10.9 Å². The molecule has 2 heterocycles. The second-order valence-corrected chi connectivity index (χ2v) is 6.25. The second-order valence-electron chi connectivity index (χ2n) is 4.77. The summed E-state index contributed by atoms with van der Waals surface area (Å²) in [5, 5.41) is 3.41. The van der Waals surface area contributed by atoms with Gasteiger partial charge in [0.05, 0.1) is 0 Å². The number of nitrogens with zero attached hydrogens (tertiary/aromatic N) is 1. The van der Waals surface area contributed by atoms with Gasteiger partial charge < -0.3 is 15.0 Å². The van der Waals surface area contributed by atoms with Crippen molar-refractivity contribution < 1.29 is 19.1 Å². The molecule has 2 aromatic rings. The maximum absolute atomic E-state index is 11.8. The number of aromatic nitrogens is 1. The van der Waals surface area contributed by atoms with Gasteiger partial charge in [0.2, 0.25) is 11.8 Å². The zero-order valence-corrected chi connectivity index (χ0v) is 13.4. The fourth-order valence-corrected chi connectivity index (χ4v) is 3.11. The number of fused-ring (bicyclic) bond motifs is 1. The molecule has 7 nitrogen and oxygen atoms in total. The van der Waals surface area contributed by atoms with Crippen LogP contribution in [0.3, 0.4) is 0 Å². The largest absolute Gasteiger partial charge is 0.414 e. The number of ether oxygens (including phenoxy) is 1. The number of aromatic amines is 1. The minimum absolute atomic E-state index is 0.236. The van der Waals surface area contributed by atoms with E-state index < -0.39 is 12.0 Å². The number of halogens is 1. The van der Waals surface area contributed by atoms with Crippen LogP contribution in [0.2, 0.25) is 5.02 Å². The predicted molar refractivity (Wildman–Crippen MR) is 86.9 cm³/mol. The van der Waals surface area contributed by atoms with E-state index in [0.717, 1.165) is 27.6 Å². The van der Waals surface area contributed by atoms with Crippen LogP contribution in [0.5, 0.6) is 5.88 Å². The van der Waals surface area contributed by atoms with Gasteiger partial charge in [-0.15, -0.1) is 0 Å². The molecule has 23 heavy (non-hydrogen) atoms. The molecule has 3 amide bonds. The Hall–Kier alpha value is -2.19. The van der Waals surface area contributed by atoms with Gasteiger partial charge >= 0.3 is 6.09 Å². The van der Waals surface area contributed by atoms with Crippen LogP contribution in [0, 0.1) is 0 Å². The van der Waals surface area contributed by atoms with Gasteiger partial charge in [0.25, 0.3) is 5.24 Å². The van der Waals surface area contributed by atoms with E-state index in [0.29, 0.717) is 17.3 Å². The van der Waals surface area contributed by atoms with E-state index in [1.807, 2.05) is 0 Å². The molecular formula is C14H12ClN3O4S. The number of thioether (sulfide) groups is 1. The summed E-state index contributed by atoms with van der Waals surface area (Å²) in [4.78, 5) is 38.9. The van der Waals surface area contributed by atoms with Crippen LogP contribution in [-0.4, -0.2) is 46.0 Å². The molecule has 0 unspecified atom stereocenters. The minimum atomic E-state index is -0.782. The monoisotopic (exact) mass is 353 g/mol. The quantitative estimate of drug-likeness (QED) is 0.885. The molecule has 1 aromatic carbocycles. The summed E-state index contributed by atoms with van der Waals surface area (Å²) in [6.45, 7) is 0.0685. The van der Waals surface area contributed by atoms with E-state index >= 15 is 0 Å². The van der Waals surface area contributed by atoms with Crippen molar-refractivity contribution in [2.75, 3.05) is 18.8 Å². The molecule has 120 valence electrons. The van der Waals surface area contributed by atoms with Gasteiger partial charge in [-0.2, -0.15) is 0 Å². The molecule has 0 bridgehead atoms. The minimum Gasteiger partial charge on any atom is -0.393 e. The Morgan fingerprint density at radius 2 is 2.22 bits per heavy atom. The smallest absolute Gasteiger partial charge is 0.393 e. The van der Waals surface area contributed by atoms with Crippen molar-refractivity contribution in [3.8, 4) is 5.88 Å². The second kappa shape index (κ2) is 6.51. The number of carbonyl (C=O) groups excluding carboxylic acids is 3. The third kappa shape index (κ3) is 3.59. The lowest BCUT2D eigenvalue weighted by Gasteiger charge is -2.12. The molecule has 9 heteroatoms. The van der Waals surface area contributed by atoms with Crippen LogP contribution in [0.1, 0.15) is 0 Å². The average Bonchev–Trinajstić information content (AvgIpc) is 3.10. The highest BCUT2D eigenvalue weighted by atomic mass is 35.5. The molecule has 1 aromatic heterocycles. The van der Waals surface area contributed by atoms with E-state index in [4.69, 9.17) is 16.3 Å². The van der Waals surface area contributed by atoms with E-state index in [-0.39, 0.29) is 17.7 Å². The lowest BCUT2D eigenvalue weighted by Crippen LogP contribution is -2.41. The molecule has 0 spiro atoms. The van der Waals surface area contributed by atoms with Crippen LogP contribution >= 0.6 is 23.4 Å². The summed E-state index contributed by atoms with van der Waals surface area (Å²) in [6.07, 6.45) is -0.782. The number of carbonyl (C=O) groups is 3. The van der Waals surface area contributed by atoms with E-state index in [9.17, 15) is 14.4 Å². The standard InChI is InChI=1S/C14H12ClN3O4S/c15-9-1-2-10-8(5-9)6-11(17-10)22-13(20)16-7-12(19)18-3-4-23-14(18)21/h1-2,5-6,17H,3-4,7H2,(H,16,20). The zero-order valence-electron chi connectivity index (χ0n) is 11.8. The summed E-state index contributed by atoms with van der Waals surface area (Å²) in [7, 11) is 0.